The van der Waals surface area contributed by atoms with E-state index in [0.717, 1.165) is 17.1 Å². The van der Waals surface area contributed by atoms with Crippen molar-refractivity contribution in [3.05, 3.63) is 76.7 Å². The van der Waals surface area contributed by atoms with Crippen LogP contribution < -0.4 is 15.0 Å². The molecule has 0 unspecified atom stereocenters. The molecule has 26 heavy (non-hydrogen) atoms. The molecule has 0 bridgehead atoms. The van der Waals surface area contributed by atoms with Crippen molar-refractivity contribution in [2.45, 2.75) is 19.0 Å². The summed E-state index contributed by atoms with van der Waals surface area (Å²) in [6.45, 7) is 2.64. The zero-order valence-electron chi connectivity index (χ0n) is 14.3. The standard InChI is InChI=1S/C20H19N3OS2/c1-2-24-15-10-8-14(9-11-15)23-19(17-7-5-13-26-17)18(22-20(23)25)16-6-3-4-12-21-16/h3-13,18-19H,2H2,1H3,(H,22,25)/t18-,19+/m1/s1. The van der Waals surface area contributed by atoms with Gasteiger partial charge in [0.2, 0.25) is 0 Å². The molecule has 4 nitrogen and oxygen atoms in total. The number of pyridine rings is 1. The summed E-state index contributed by atoms with van der Waals surface area (Å²) in [7, 11) is 0. The van der Waals surface area contributed by atoms with Crippen LogP contribution in [0.3, 0.4) is 0 Å². The lowest BCUT2D eigenvalue weighted by atomic mass is 10.0. The summed E-state index contributed by atoms with van der Waals surface area (Å²) < 4.78 is 5.56. The maximum atomic E-state index is 5.70. The van der Waals surface area contributed by atoms with Crippen molar-refractivity contribution in [2.24, 2.45) is 0 Å². The molecule has 6 heteroatoms. The first-order chi connectivity index (χ1) is 12.8. The van der Waals surface area contributed by atoms with E-state index in [1.807, 2.05) is 43.5 Å². The molecule has 1 N–H and O–H groups in total. The fourth-order valence-electron chi connectivity index (χ4n) is 3.25. The third-order valence-electron chi connectivity index (χ3n) is 4.36. The maximum absolute atomic E-state index is 5.70. The summed E-state index contributed by atoms with van der Waals surface area (Å²) in [4.78, 5) is 7.99. The summed E-state index contributed by atoms with van der Waals surface area (Å²) in [6, 6.07) is 18.4. The average molecular weight is 382 g/mol. The van der Waals surface area contributed by atoms with E-state index in [9.17, 15) is 0 Å². The third kappa shape index (κ3) is 3.18. The summed E-state index contributed by atoms with van der Waals surface area (Å²) in [5, 5.41) is 6.28. The van der Waals surface area contributed by atoms with Gasteiger partial charge in [0.05, 0.1) is 24.4 Å². The molecule has 3 aromatic rings. The van der Waals surface area contributed by atoms with E-state index in [0.29, 0.717) is 11.7 Å². The van der Waals surface area contributed by atoms with E-state index in [1.165, 1.54) is 4.88 Å². The van der Waals surface area contributed by atoms with Crippen molar-refractivity contribution in [1.29, 1.82) is 0 Å². The Hall–Kier alpha value is -2.44. The van der Waals surface area contributed by atoms with Crippen LogP contribution in [0.15, 0.2) is 66.2 Å². The Kier molecular flexibility index (Phi) is 4.86. The highest BCUT2D eigenvalue weighted by atomic mass is 32.1. The minimum atomic E-state index is 0.00826. The molecule has 2 atom stereocenters. The quantitative estimate of drug-likeness (QED) is 0.647. The van der Waals surface area contributed by atoms with Gasteiger partial charge in [-0.15, -0.1) is 11.3 Å². The molecule has 132 valence electrons. The Balaban J connectivity index is 1.73. The number of hydrogen-bond donors (Lipinski definition) is 1. The molecule has 1 aliphatic rings. The van der Waals surface area contributed by atoms with Crippen molar-refractivity contribution < 1.29 is 4.74 Å². The smallest absolute Gasteiger partial charge is 0.174 e. The minimum absolute atomic E-state index is 0.00826. The molecule has 2 aromatic heterocycles. The van der Waals surface area contributed by atoms with Gasteiger partial charge in [0.25, 0.3) is 0 Å². The number of nitrogens with zero attached hydrogens (tertiary/aromatic N) is 2. The number of hydrogen-bond acceptors (Lipinski definition) is 4. The van der Waals surface area contributed by atoms with E-state index in [4.69, 9.17) is 17.0 Å². The molecular formula is C20H19N3OS2. The largest absolute Gasteiger partial charge is 0.494 e. The van der Waals surface area contributed by atoms with Gasteiger partial charge in [0.15, 0.2) is 5.11 Å². The van der Waals surface area contributed by atoms with E-state index >= 15 is 0 Å². The monoisotopic (exact) mass is 381 g/mol. The molecule has 0 saturated carbocycles. The SMILES string of the molecule is CCOc1ccc(N2C(=S)N[C@H](c3ccccn3)[C@@H]2c2cccs2)cc1. The first-order valence-electron chi connectivity index (χ1n) is 8.55. The molecule has 0 radical (unpaired) electrons. The molecule has 1 fully saturated rings. The molecule has 3 heterocycles. The van der Waals surface area contributed by atoms with Gasteiger partial charge in [0, 0.05) is 16.8 Å². The lowest BCUT2D eigenvalue weighted by Gasteiger charge is -2.27. The van der Waals surface area contributed by atoms with Crippen LogP contribution in [0.5, 0.6) is 5.75 Å². The van der Waals surface area contributed by atoms with Crippen LogP contribution in [0.25, 0.3) is 0 Å². The number of rotatable bonds is 5. The van der Waals surface area contributed by atoms with Gasteiger partial charge < -0.3 is 15.0 Å². The fraction of sp³-hybridized carbons (Fsp3) is 0.200. The van der Waals surface area contributed by atoms with Crippen LogP contribution in [0.4, 0.5) is 5.69 Å². The minimum Gasteiger partial charge on any atom is -0.494 e. The lowest BCUT2D eigenvalue weighted by molar-refractivity contribution is 0.340. The number of thiocarbonyl (C=S) groups is 1. The van der Waals surface area contributed by atoms with Gasteiger partial charge in [-0.05, 0) is 67.0 Å². The number of thiophene rings is 1. The molecule has 4 rings (SSSR count). The Morgan fingerprint density at radius 3 is 2.65 bits per heavy atom. The fourth-order valence-corrected chi connectivity index (χ4v) is 4.45. The molecule has 0 spiro atoms. The normalized spacial score (nSPS) is 19.4. The Morgan fingerprint density at radius 1 is 1.15 bits per heavy atom. The zero-order valence-corrected chi connectivity index (χ0v) is 16.0. The van der Waals surface area contributed by atoms with Crippen molar-refractivity contribution in [3.63, 3.8) is 0 Å². The van der Waals surface area contributed by atoms with Crippen LogP contribution in [0.1, 0.15) is 29.6 Å². The lowest BCUT2D eigenvalue weighted by Crippen LogP contribution is -2.29. The van der Waals surface area contributed by atoms with Crippen LogP contribution in [0.2, 0.25) is 0 Å². The van der Waals surface area contributed by atoms with E-state index in [1.54, 1.807) is 11.3 Å². The summed E-state index contributed by atoms with van der Waals surface area (Å²) in [6.07, 6.45) is 1.82. The number of aromatic nitrogens is 1. The highest BCUT2D eigenvalue weighted by Crippen LogP contribution is 2.43. The van der Waals surface area contributed by atoms with Gasteiger partial charge in [0.1, 0.15) is 5.75 Å². The van der Waals surface area contributed by atoms with Crippen LogP contribution in [0, 0.1) is 0 Å². The Bertz CT molecular complexity index is 866. The Labute approximate surface area is 162 Å². The molecule has 0 amide bonds. The van der Waals surface area contributed by atoms with Crippen molar-refractivity contribution in [1.82, 2.24) is 10.3 Å². The van der Waals surface area contributed by atoms with Crippen molar-refractivity contribution >= 4 is 34.4 Å². The second-order valence-electron chi connectivity index (χ2n) is 5.94. The number of benzene rings is 1. The summed E-state index contributed by atoms with van der Waals surface area (Å²) in [5.74, 6) is 0.864. The second kappa shape index (κ2) is 7.43. The van der Waals surface area contributed by atoms with E-state index in [-0.39, 0.29) is 12.1 Å². The number of anilines is 1. The van der Waals surface area contributed by atoms with Crippen LogP contribution in [-0.4, -0.2) is 16.7 Å². The van der Waals surface area contributed by atoms with Crippen molar-refractivity contribution in [3.8, 4) is 5.75 Å². The van der Waals surface area contributed by atoms with Gasteiger partial charge >= 0.3 is 0 Å². The van der Waals surface area contributed by atoms with Gasteiger partial charge in [-0.2, -0.15) is 0 Å². The molecule has 1 saturated heterocycles. The molecule has 1 aliphatic heterocycles. The van der Waals surface area contributed by atoms with E-state index < -0.39 is 0 Å². The number of nitrogens with one attached hydrogen (secondary N) is 1. The average Bonchev–Trinajstić information content (AvgIpc) is 3.31. The summed E-state index contributed by atoms with van der Waals surface area (Å²) in [5.41, 5.74) is 2.03. The molecular weight excluding hydrogens is 362 g/mol. The van der Waals surface area contributed by atoms with Crippen LogP contribution >= 0.6 is 23.6 Å². The predicted octanol–water partition coefficient (Wildman–Crippen LogP) is 4.72. The second-order valence-corrected chi connectivity index (χ2v) is 7.30. The highest BCUT2D eigenvalue weighted by molar-refractivity contribution is 7.80. The van der Waals surface area contributed by atoms with Crippen LogP contribution in [-0.2, 0) is 0 Å². The third-order valence-corrected chi connectivity index (χ3v) is 5.62. The number of ether oxygens (including phenoxy) is 1. The van der Waals surface area contributed by atoms with Crippen molar-refractivity contribution in [2.75, 3.05) is 11.5 Å². The summed E-state index contributed by atoms with van der Waals surface area (Å²) >= 11 is 7.43. The topological polar surface area (TPSA) is 37.4 Å². The Morgan fingerprint density at radius 2 is 2.00 bits per heavy atom. The predicted molar refractivity (Wildman–Crippen MR) is 110 cm³/mol. The molecule has 0 aliphatic carbocycles. The maximum Gasteiger partial charge on any atom is 0.174 e. The van der Waals surface area contributed by atoms with Gasteiger partial charge in [-0.25, -0.2) is 0 Å². The van der Waals surface area contributed by atoms with Gasteiger partial charge in [-0.1, -0.05) is 12.1 Å². The van der Waals surface area contributed by atoms with Gasteiger partial charge in [-0.3, -0.25) is 4.98 Å². The van der Waals surface area contributed by atoms with E-state index in [2.05, 4.69) is 44.8 Å². The zero-order chi connectivity index (χ0) is 17.9. The highest BCUT2D eigenvalue weighted by Gasteiger charge is 2.41. The first-order valence-corrected chi connectivity index (χ1v) is 9.83. The first kappa shape index (κ1) is 17.0. The molecule has 1 aromatic carbocycles.